The van der Waals surface area contributed by atoms with Gasteiger partial charge in [0, 0.05) is 24.3 Å². The topological polar surface area (TPSA) is 41.3 Å². The molecule has 1 rings (SSSR count). The van der Waals surface area contributed by atoms with Gasteiger partial charge in [-0.1, -0.05) is 6.92 Å². The Bertz CT molecular complexity index is 346. The molecule has 1 heterocycles. The van der Waals surface area contributed by atoms with Crippen LogP contribution >= 0.6 is 0 Å². The molecular weight excluding hydrogens is 214 g/mol. The highest BCUT2D eigenvalue weighted by Crippen LogP contribution is 2.15. The molecule has 0 radical (unpaired) electrons. The fourth-order valence-electron chi connectivity index (χ4n) is 1.47. The zero-order valence-corrected chi connectivity index (χ0v) is 11.6. The Balaban J connectivity index is 2.66. The molecule has 0 bridgehead atoms. The molecule has 0 fully saturated rings. The second-order valence-electron chi connectivity index (χ2n) is 5.37. The van der Waals surface area contributed by atoms with Gasteiger partial charge in [0.1, 0.15) is 0 Å². The number of aromatic nitrogens is 2. The lowest BCUT2D eigenvalue weighted by Gasteiger charge is -2.33. The maximum atomic E-state index is 9.31. The third-order valence-corrected chi connectivity index (χ3v) is 3.53. The van der Waals surface area contributed by atoms with Gasteiger partial charge in [0.25, 0.3) is 0 Å². The third-order valence-electron chi connectivity index (χ3n) is 3.53. The molecule has 0 aliphatic heterocycles. The predicted molar refractivity (Wildman–Crippen MR) is 69.9 cm³/mol. The summed E-state index contributed by atoms with van der Waals surface area (Å²) in [6.45, 7) is 9.29. The third kappa shape index (κ3) is 3.54. The van der Waals surface area contributed by atoms with Crippen molar-refractivity contribution < 1.29 is 5.11 Å². The van der Waals surface area contributed by atoms with Crippen molar-refractivity contribution in [2.75, 3.05) is 13.7 Å². The summed E-state index contributed by atoms with van der Waals surface area (Å²) >= 11 is 0. The molecule has 0 saturated heterocycles. The molecule has 17 heavy (non-hydrogen) atoms. The summed E-state index contributed by atoms with van der Waals surface area (Å²) < 4.78 is 2.01. The van der Waals surface area contributed by atoms with Crippen LogP contribution in [0.5, 0.6) is 0 Å². The lowest BCUT2D eigenvalue weighted by atomic mass is 10.1. The first-order valence-corrected chi connectivity index (χ1v) is 6.27. The molecular formula is C13H25N3O. The molecule has 4 nitrogen and oxygen atoms in total. The van der Waals surface area contributed by atoms with Crippen LogP contribution in [0.25, 0.3) is 0 Å². The van der Waals surface area contributed by atoms with Gasteiger partial charge in [-0.25, -0.2) is 0 Å². The van der Waals surface area contributed by atoms with Crippen LogP contribution in [-0.2, 0) is 6.54 Å². The van der Waals surface area contributed by atoms with Crippen LogP contribution in [0, 0.1) is 0 Å². The van der Waals surface area contributed by atoms with E-state index in [1.807, 2.05) is 31.8 Å². The molecule has 1 atom stereocenters. The fourth-order valence-corrected chi connectivity index (χ4v) is 1.47. The summed E-state index contributed by atoms with van der Waals surface area (Å²) in [5.74, 6) is 0. The lowest BCUT2D eigenvalue weighted by molar-refractivity contribution is 0.0722. The number of likely N-dealkylation sites (N-methyl/N-ethyl adjacent to an activating group) is 1. The minimum Gasteiger partial charge on any atom is -0.394 e. The van der Waals surface area contributed by atoms with E-state index < -0.39 is 0 Å². The SMILES string of the molecule is CCC(C)n1ccc(CN(C)C(C)(C)CO)n1. The van der Waals surface area contributed by atoms with Crippen LogP contribution in [0.2, 0.25) is 0 Å². The van der Waals surface area contributed by atoms with Gasteiger partial charge in [-0.2, -0.15) is 5.10 Å². The van der Waals surface area contributed by atoms with Crippen molar-refractivity contribution in [2.24, 2.45) is 0 Å². The zero-order valence-electron chi connectivity index (χ0n) is 11.6. The van der Waals surface area contributed by atoms with Crippen molar-refractivity contribution in [3.8, 4) is 0 Å². The number of aliphatic hydroxyl groups is 1. The molecule has 4 heteroatoms. The monoisotopic (exact) mass is 239 g/mol. The van der Waals surface area contributed by atoms with Crippen LogP contribution < -0.4 is 0 Å². The quantitative estimate of drug-likeness (QED) is 0.826. The minimum absolute atomic E-state index is 0.148. The van der Waals surface area contributed by atoms with E-state index in [-0.39, 0.29) is 12.1 Å². The average Bonchev–Trinajstić information content (AvgIpc) is 2.76. The molecule has 0 spiro atoms. The van der Waals surface area contributed by atoms with Crippen LogP contribution in [-0.4, -0.2) is 39.0 Å². The van der Waals surface area contributed by atoms with Crippen molar-refractivity contribution in [1.82, 2.24) is 14.7 Å². The Labute approximate surface area is 104 Å². The molecule has 0 aromatic carbocycles. The van der Waals surface area contributed by atoms with Crippen molar-refractivity contribution in [3.05, 3.63) is 18.0 Å². The van der Waals surface area contributed by atoms with Crippen molar-refractivity contribution >= 4 is 0 Å². The maximum Gasteiger partial charge on any atom is 0.0764 e. The molecule has 1 N–H and O–H groups in total. The first-order chi connectivity index (χ1) is 7.90. The van der Waals surface area contributed by atoms with E-state index in [1.165, 1.54) is 0 Å². The Morgan fingerprint density at radius 2 is 2.18 bits per heavy atom. The number of aliphatic hydroxyl groups excluding tert-OH is 1. The van der Waals surface area contributed by atoms with E-state index >= 15 is 0 Å². The number of nitrogens with zero attached hydrogens (tertiary/aromatic N) is 3. The second-order valence-corrected chi connectivity index (χ2v) is 5.37. The second kappa shape index (κ2) is 5.65. The molecule has 0 amide bonds. The summed E-state index contributed by atoms with van der Waals surface area (Å²) in [5, 5.41) is 13.9. The van der Waals surface area contributed by atoms with Crippen molar-refractivity contribution in [2.45, 2.75) is 52.2 Å². The Morgan fingerprint density at radius 1 is 1.53 bits per heavy atom. The summed E-state index contributed by atoms with van der Waals surface area (Å²) in [7, 11) is 2.01. The first kappa shape index (κ1) is 14.2. The number of hydrogen-bond acceptors (Lipinski definition) is 3. The van der Waals surface area contributed by atoms with Crippen molar-refractivity contribution in [3.63, 3.8) is 0 Å². The van der Waals surface area contributed by atoms with Gasteiger partial charge in [0.2, 0.25) is 0 Å². The molecule has 0 saturated carbocycles. The maximum absolute atomic E-state index is 9.31. The molecule has 0 aliphatic carbocycles. The summed E-state index contributed by atoms with van der Waals surface area (Å²) in [6.07, 6.45) is 3.11. The molecule has 98 valence electrons. The van der Waals surface area contributed by atoms with Gasteiger partial charge in [0.15, 0.2) is 0 Å². The Morgan fingerprint density at radius 3 is 2.71 bits per heavy atom. The predicted octanol–water partition coefficient (Wildman–Crippen LogP) is 2.06. The molecule has 1 unspecified atom stereocenters. The molecule has 1 aromatic heterocycles. The van der Waals surface area contributed by atoms with Crippen LogP contribution in [0.4, 0.5) is 0 Å². The van der Waals surface area contributed by atoms with E-state index in [9.17, 15) is 5.11 Å². The first-order valence-electron chi connectivity index (χ1n) is 6.27. The van der Waals surface area contributed by atoms with Crippen molar-refractivity contribution in [1.29, 1.82) is 0 Å². The van der Waals surface area contributed by atoms with E-state index in [4.69, 9.17) is 0 Å². The fraction of sp³-hybridized carbons (Fsp3) is 0.769. The smallest absolute Gasteiger partial charge is 0.0764 e. The Kier molecular flexibility index (Phi) is 4.71. The normalized spacial score (nSPS) is 14.3. The van der Waals surface area contributed by atoms with Gasteiger partial charge in [-0.3, -0.25) is 9.58 Å². The van der Waals surface area contributed by atoms with E-state index in [0.29, 0.717) is 6.04 Å². The average molecular weight is 239 g/mol. The highest BCUT2D eigenvalue weighted by molar-refractivity contribution is 5.00. The van der Waals surface area contributed by atoms with Gasteiger partial charge in [0.05, 0.1) is 12.3 Å². The van der Waals surface area contributed by atoms with Crippen LogP contribution in [0.3, 0.4) is 0 Å². The van der Waals surface area contributed by atoms with Gasteiger partial charge < -0.3 is 5.11 Å². The number of hydrogen-bond donors (Lipinski definition) is 1. The van der Waals surface area contributed by atoms with Crippen LogP contribution in [0.1, 0.15) is 45.9 Å². The Hall–Kier alpha value is -0.870. The standard InChI is InChI=1S/C13H25N3O/c1-6-11(2)16-8-7-12(14-16)9-15(5)13(3,4)10-17/h7-8,11,17H,6,9-10H2,1-5H3. The van der Waals surface area contributed by atoms with Crippen LogP contribution in [0.15, 0.2) is 12.3 Å². The molecule has 1 aromatic rings. The van der Waals surface area contributed by atoms with E-state index in [1.54, 1.807) is 0 Å². The highest BCUT2D eigenvalue weighted by Gasteiger charge is 2.23. The lowest BCUT2D eigenvalue weighted by Crippen LogP contribution is -2.43. The largest absolute Gasteiger partial charge is 0.394 e. The van der Waals surface area contributed by atoms with Gasteiger partial charge in [-0.05, 0) is 40.3 Å². The number of rotatable bonds is 6. The summed E-state index contributed by atoms with van der Waals surface area (Å²) in [5.41, 5.74) is 0.842. The van der Waals surface area contributed by atoms with Gasteiger partial charge >= 0.3 is 0 Å². The summed E-state index contributed by atoms with van der Waals surface area (Å²) in [6, 6.07) is 2.50. The molecule has 0 aliphatic rings. The van der Waals surface area contributed by atoms with E-state index in [2.05, 4.69) is 29.9 Å². The van der Waals surface area contributed by atoms with Gasteiger partial charge in [-0.15, -0.1) is 0 Å². The zero-order chi connectivity index (χ0) is 13.1. The summed E-state index contributed by atoms with van der Waals surface area (Å²) in [4.78, 5) is 2.12. The highest BCUT2D eigenvalue weighted by atomic mass is 16.3. The van der Waals surface area contributed by atoms with E-state index in [0.717, 1.165) is 18.7 Å². The minimum atomic E-state index is -0.208.